The second-order valence-corrected chi connectivity index (χ2v) is 5.95. The number of amides is 2. The van der Waals surface area contributed by atoms with Gasteiger partial charge in [-0.15, -0.1) is 0 Å². The fraction of sp³-hybridized carbons (Fsp3) is 0.929. The van der Waals surface area contributed by atoms with Gasteiger partial charge in [-0.05, 0) is 38.1 Å². The number of likely N-dealkylation sites (tertiary alicyclic amines) is 2. The SMILES string of the molecule is CC1CCCN(CCNC(=O)N2CCCC2CO)C1. The minimum Gasteiger partial charge on any atom is -0.394 e. The van der Waals surface area contributed by atoms with E-state index < -0.39 is 0 Å². The largest absolute Gasteiger partial charge is 0.394 e. The summed E-state index contributed by atoms with van der Waals surface area (Å²) in [4.78, 5) is 16.2. The second-order valence-electron chi connectivity index (χ2n) is 5.95. The molecule has 2 rings (SSSR count). The lowest BCUT2D eigenvalue weighted by molar-refractivity contribution is 0.152. The Morgan fingerprint density at radius 3 is 2.84 bits per heavy atom. The Hall–Kier alpha value is -0.810. The van der Waals surface area contributed by atoms with Gasteiger partial charge in [-0.25, -0.2) is 4.79 Å². The number of aliphatic hydroxyl groups is 1. The Labute approximate surface area is 115 Å². The summed E-state index contributed by atoms with van der Waals surface area (Å²) in [5.41, 5.74) is 0. The quantitative estimate of drug-likeness (QED) is 0.797. The monoisotopic (exact) mass is 269 g/mol. The lowest BCUT2D eigenvalue weighted by atomic mass is 10.0. The maximum Gasteiger partial charge on any atom is 0.317 e. The Morgan fingerprint density at radius 2 is 2.11 bits per heavy atom. The molecule has 2 atom stereocenters. The van der Waals surface area contributed by atoms with Crippen molar-refractivity contribution in [2.24, 2.45) is 5.92 Å². The standard InChI is InChI=1S/C14H27N3O2/c1-12-4-2-7-16(10-12)9-6-15-14(19)17-8-3-5-13(17)11-18/h12-13,18H,2-11H2,1H3,(H,15,19). The van der Waals surface area contributed by atoms with Crippen molar-refractivity contribution in [1.82, 2.24) is 15.1 Å². The van der Waals surface area contributed by atoms with Crippen LogP contribution in [0.3, 0.4) is 0 Å². The number of hydrogen-bond acceptors (Lipinski definition) is 3. The minimum atomic E-state index is -0.0124. The van der Waals surface area contributed by atoms with E-state index in [1.165, 1.54) is 12.8 Å². The zero-order valence-corrected chi connectivity index (χ0v) is 12.0. The first-order valence-electron chi connectivity index (χ1n) is 7.58. The number of nitrogens with one attached hydrogen (secondary N) is 1. The van der Waals surface area contributed by atoms with Gasteiger partial charge in [0, 0.05) is 26.2 Å². The van der Waals surface area contributed by atoms with E-state index in [9.17, 15) is 9.90 Å². The highest BCUT2D eigenvalue weighted by molar-refractivity contribution is 5.74. The van der Waals surface area contributed by atoms with Crippen LogP contribution in [0.1, 0.15) is 32.6 Å². The van der Waals surface area contributed by atoms with Gasteiger partial charge in [-0.3, -0.25) is 0 Å². The van der Waals surface area contributed by atoms with Gasteiger partial charge in [0.15, 0.2) is 0 Å². The summed E-state index contributed by atoms with van der Waals surface area (Å²) in [6, 6.07) is 0.0108. The highest BCUT2D eigenvalue weighted by Crippen LogP contribution is 2.16. The highest BCUT2D eigenvalue weighted by Gasteiger charge is 2.27. The number of aliphatic hydroxyl groups excluding tert-OH is 1. The van der Waals surface area contributed by atoms with Gasteiger partial charge in [0.25, 0.3) is 0 Å². The molecule has 110 valence electrons. The van der Waals surface area contributed by atoms with Crippen LogP contribution < -0.4 is 5.32 Å². The number of rotatable bonds is 4. The van der Waals surface area contributed by atoms with E-state index in [0.29, 0.717) is 6.54 Å². The molecule has 0 bridgehead atoms. The number of piperidine rings is 1. The van der Waals surface area contributed by atoms with E-state index in [2.05, 4.69) is 17.1 Å². The van der Waals surface area contributed by atoms with Gasteiger partial charge in [-0.2, -0.15) is 0 Å². The zero-order valence-electron chi connectivity index (χ0n) is 12.0. The molecular weight excluding hydrogens is 242 g/mol. The van der Waals surface area contributed by atoms with Crippen LogP contribution in [0.4, 0.5) is 4.79 Å². The van der Waals surface area contributed by atoms with Crippen molar-refractivity contribution in [1.29, 1.82) is 0 Å². The molecule has 2 saturated heterocycles. The third kappa shape index (κ3) is 4.08. The fourth-order valence-electron chi connectivity index (χ4n) is 3.21. The third-order valence-electron chi connectivity index (χ3n) is 4.29. The summed E-state index contributed by atoms with van der Waals surface area (Å²) in [7, 11) is 0. The van der Waals surface area contributed by atoms with E-state index in [0.717, 1.165) is 44.9 Å². The number of nitrogens with zero attached hydrogens (tertiary/aromatic N) is 2. The number of carbonyl (C=O) groups excluding carboxylic acids is 1. The lowest BCUT2D eigenvalue weighted by Crippen LogP contribution is -2.47. The highest BCUT2D eigenvalue weighted by atomic mass is 16.3. The molecular formula is C14H27N3O2. The molecule has 2 N–H and O–H groups in total. The van der Waals surface area contributed by atoms with E-state index in [4.69, 9.17) is 0 Å². The number of carbonyl (C=O) groups is 1. The Bertz CT molecular complexity index is 298. The molecule has 5 nitrogen and oxygen atoms in total. The van der Waals surface area contributed by atoms with Crippen LogP contribution in [0.15, 0.2) is 0 Å². The van der Waals surface area contributed by atoms with Gasteiger partial charge >= 0.3 is 6.03 Å². The van der Waals surface area contributed by atoms with Crippen LogP contribution in [0, 0.1) is 5.92 Å². The first-order chi connectivity index (χ1) is 9.20. The van der Waals surface area contributed by atoms with Gasteiger partial charge in [0.05, 0.1) is 12.6 Å². The summed E-state index contributed by atoms with van der Waals surface area (Å²) in [6.45, 7) is 7.10. The summed E-state index contributed by atoms with van der Waals surface area (Å²) >= 11 is 0. The molecule has 5 heteroatoms. The topological polar surface area (TPSA) is 55.8 Å². The predicted octanol–water partition coefficient (Wildman–Crippen LogP) is 0.885. The van der Waals surface area contributed by atoms with Crippen LogP contribution in [0.25, 0.3) is 0 Å². The summed E-state index contributed by atoms with van der Waals surface area (Å²) in [5.74, 6) is 0.779. The molecule has 0 radical (unpaired) electrons. The van der Waals surface area contributed by atoms with Crippen LogP contribution in [0.5, 0.6) is 0 Å². The zero-order chi connectivity index (χ0) is 13.7. The first kappa shape index (κ1) is 14.6. The molecule has 0 aromatic rings. The van der Waals surface area contributed by atoms with Crippen LogP contribution in [-0.2, 0) is 0 Å². The van der Waals surface area contributed by atoms with Crippen molar-refractivity contribution in [3.05, 3.63) is 0 Å². The minimum absolute atomic E-state index is 0.0124. The summed E-state index contributed by atoms with van der Waals surface area (Å²) in [6.07, 6.45) is 4.53. The molecule has 0 aromatic carbocycles. The predicted molar refractivity (Wildman–Crippen MR) is 75.1 cm³/mol. The smallest absolute Gasteiger partial charge is 0.317 e. The Balaban J connectivity index is 1.66. The van der Waals surface area contributed by atoms with Crippen molar-refractivity contribution < 1.29 is 9.90 Å². The summed E-state index contributed by atoms with van der Waals surface area (Å²) < 4.78 is 0. The van der Waals surface area contributed by atoms with E-state index in [1.54, 1.807) is 4.90 Å². The Morgan fingerprint density at radius 1 is 1.32 bits per heavy atom. The van der Waals surface area contributed by atoms with Crippen LogP contribution >= 0.6 is 0 Å². The molecule has 0 aromatic heterocycles. The third-order valence-corrected chi connectivity index (χ3v) is 4.29. The van der Waals surface area contributed by atoms with E-state index in [-0.39, 0.29) is 18.7 Å². The molecule has 2 heterocycles. The molecule has 2 amide bonds. The second kappa shape index (κ2) is 7.10. The molecule has 2 aliphatic rings. The normalized spacial score (nSPS) is 28.6. The average Bonchev–Trinajstić information content (AvgIpc) is 2.87. The Kier molecular flexibility index (Phi) is 5.45. The number of hydrogen-bond donors (Lipinski definition) is 2. The van der Waals surface area contributed by atoms with Gasteiger partial charge in [0.2, 0.25) is 0 Å². The van der Waals surface area contributed by atoms with Crippen LogP contribution in [-0.4, -0.2) is 66.3 Å². The van der Waals surface area contributed by atoms with Crippen molar-refractivity contribution >= 4 is 6.03 Å². The van der Waals surface area contributed by atoms with Crippen molar-refractivity contribution in [2.75, 3.05) is 39.3 Å². The maximum absolute atomic E-state index is 12.0. The van der Waals surface area contributed by atoms with Gasteiger partial charge in [-0.1, -0.05) is 6.92 Å². The molecule has 2 aliphatic heterocycles. The van der Waals surface area contributed by atoms with Crippen molar-refractivity contribution in [2.45, 2.75) is 38.6 Å². The average molecular weight is 269 g/mol. The van der Waals surface area contributed by atoms with Gasteiger partial charge < -0.3 is 20.2 Å². The van der Waals surface area contributed by atoms with Crippen LogP contribution in [0.2, 0.25) is 0 Å². The first-order valence-corrected chi connectivity index (χ1v) is 7.58. The molecule has 0 aliphatic carbocycles. The van der Waals surface area contributed by atoms with E-state index >= 15 is 0 Å². The molecule has 0 saturated carbocycles. The van der Waals surface area contributed by atoms with Gasteiger partial charge in [0.1, 0.15) is 0 Å². The lowest BCUT2D eigenvalue weighted by Gasteiger charge is -2.31. The number of urea groups is 1. The van der Waals surface area contributed by atoms with Crippen molar-refractivity contribution in [3.8, 4) is 0 Å². The molecule has 19 heavy (non-hydrogen) atoms. The summed E-state index contributed by atoms with van der Waals surface area (Å²) in [5, 5.41) is 12.2. The fourth-order valence-corrected chi connectivity index (χ4v) is 3.21. The molecule has 2 fully saturated rings. The van der Waals surface area contributed by atoms with Crippen molar-refractivity contribution in [3.63, 3.8) is 0 Å². The molecule has 0 spiro atoms. The van der Waals surface area contributed by atoms with E-state index in [1.807, 2.05) is 0 Å². The molecule has 2 unspecified atom stereocenters. The maximum atomic E-state index is 12.0.